The molecule has 1 aliphatic heterocycles. The van der Waals surface area contributed by atoms with Gasteiger partial charge in [0.25, 0.3) is 0 Å². The van der Waals surface area contributed by atoms with E-state index < -0.39 is 0 Å². The van der Waals surface area contributed by atoms with Gasteiger partial charge in [-0.15, -0.1) is 0 Å². The Kier molecular flexibility index (Phi) is 5.05. The molecule has 2 aromatic rings. The number of rotatable bonds is 4. The van der Waals surface area contributed by atoms with E-state index in [0.29, 0.717) is 11.7 Å². The molecule has 1 aromatic carbocycles. The summed E-state index contributed by atoms with van der Waals surface area (Å²) in [7, 11) is 1.44. The molecule has 4 nitrogen and oxygen atoms in total. The lowest BCUT2D eigenvalue weighted by Gasteiger charge is -2.33. The van der Waals surface area contributed by atoms with E-state index in [-0.39, 0.29) is 5.97 Å². The van der Waals surface area contributed by atoms with Crippen molar-refractivity contribution in [2.75, 3.05) is 20.2 Å². The number of benzene rings is 1. The third-order valence-corrected chi connectivity index (χ3v) is 5.02. The maximum Gasteiger partial charge on any atom is 0.354 e. The van der Waals surface area contributed by atoms with Crippen LogP contribution in [0.5, 0.6) is 0 Å². The zero-order valence-corrected chi connectivity index (χ0v) is 14.8. The van der Waals surface area contributed by atoms with E-state index in [9.17, 15) is 4.79 Å². The highest BCUT2D eigenvalue weighted by atomic mass is 16.5. The Balaban J connectivity index is 1.63. The lowest BCUT2D eigenvalue weighted by molar-refractivity contribution is 0.0581. The quantitative estimate of drug-likeness (QED) is 0.803. The number of likely N-dealkylation sites (tertiary alicyclic amines) is 1. The topological polar surface area (TPSA) is 34.5 Å². The molecule has 0 radical (unpaired) electrons. The van der Waals surface area contributed by atoms with Crippen molar-refractivity contribution < 1.29 is 9.53 Å². The summed E-state index contributed by atoms with van der Waals surface area (Å²) in [6.45, 7) is 7.45. The van der Waals surface area contributed by atoms with Crippen molar-refractivity contribution in [3.8, 4) is 0 Å². The number of hydrogen-bond donors (Lipinski definition) is 0. The van der Waals surface area contributed by atoms with Gasteiger partial charge in [0.05, 0.1) is 7.11 Å². The van der Waals surface area contributed by atoms with Gasteiger partial charge in [0.15, 0.2) is 0 Å². The second-order valence-electron chi connectivity index (χ2n) is 6.73. The number of methoxy groups -OCH3 is 1. The van der Waals surface area contributed by atoms with E-state index in [1.807, 2.05) is 18.3 Å². The SMILES string of the molecule is COC(=O)c1cccn1C1CCN(Cc2cc(C)ccc2C)CC1. The van der Waals surface area contributed by atoms with Crippen LogP contribution in [0, 0.1) is 13.8 Å². The molecule has 0 spiro atoms. The molecule has 0 amide bonds. The van der Waals surface area contributed by atoms with Gasteiger partial charge in [0.1, 0.15) is 5.69 Å². The lowest BCUT2D eigenvalue weighted by Crippen LogP contribution is -2.35. The maximum absolute atomic E-state index is 11.9. The molecule has 0 N–H and O–H groups in total. The zero-order valence-electron chi connectivity index (χ0n) is 14.8. The van der Waals surface area contributed by atoms with Crippen molar-refractivity contribution in [1.82, 2.24) is 9.47 Å². The Hall–Kier alpha value is -2.07. The number of nitrogens with zero attached hydrogens (tertiary/aromatic N) is 2. The van der Waals surface area contributed by atoms with Crippen molar-refractivity contribution in [2.45, 2.75) is 39.3 Å². The summed E-state index contributed by atoms with van der Waals surface area (Å²) >= 11 is 0. The molecule has 4 heteroatoms. The first-order valence-electron chi connectivity index (χ1n) is 8.62. The highest BCUT2D eigenvalue weighted by Crippen LogP contribution is 2.26. The molecule has 1 saturated heterocycles. The molecule has 0 saturated carbocycles. The van der Waals surface area contributed by atoms with Crippen LogP contribution in [0.4, 0.5) is 0 Å². The molecule has 1 aliphatic rings. The number of esters is 1. The molecule has 3 rings (SSSR count). The predicted octanol–water partition coefficient (Wildman–Crippen LogP) is 3.73. The van der Waals surface area contributed by atoms with Crippen LogP contribution in [0.3, 0.4) is 0 Å². The molecule has 0 bridgehead atoms. The standard InChI is InChI=1S/C20H26N2O2/c1-15-6-7-16(2)17(13-15)14-21-11-8-18(9-12-21)22-10-4-5-19(22)20(23)24-3/h4-7,10,13,18H,8-9,11-12,14H2,1-3H3. The van der Waals surface area contributed by atoms with Crippen LogP contribution in [0.25, 0.3) is 0 Å². The first-order chi connectivity index (χ1) is 11.6. The van der Waals surface area contributed by atoms with Crippen LogP contribution in [0.1, 0.15) is 46.1 Å². The van der Waals surface area contributed by atoms with E-state index in [4.69, 9.17) is 4.74 Å². The van der Waals surface area contributed by atoms with Gasteiger partial charge in [-0.3, -0.25) is 4.90 Å². The molecule has 1 aromatic heterocycles. The third-order valence-electron chi connectivity index (χ3n) is 5.02. The highest BCUT2D eigenvalue weighted by molar-refractivity contribution is 5.87. The number of carbonyl (C=O) groups excluding carboxylic acids is 1. The summed E-state index contributed by atoms with van der Waals surface area (Å²) in [6, 6.07) is 10.8. The van der Waals surface area contributed by atoms with Crippen LogP contribution in [0.2, 0.25) is 0 Å². The van der Waals surface area contributed by atoms with Crippen molar-refractivity contribution in [3.63, 3.8) is 0 Å². The zero-order chi connectivity index (χ0) is 17.1. The van der Waals surface area contributed by atoms with Crippen molar-refractivity contribution >= 4 is 5.97 Å². The Morgan fingerprint density at radius 1 is 1.21 bits per heavy atom. The number of ether oxygens (including phenoxy) is 1. The van der Waals surface area contributed by atoms with E-state index in [2.05, 4.69) is 41.5 Å². The summed E-state index contributed by atoms with van der Waals surface area (Å²) < 4.78 is 6.96. The van der Waals surface area contributed by atoms with E-state index >= 15 is 0 Å². The summed E-state index contributed by atoms with van der Waals surface area (Å²) in [5, 5.41) is 0. The lowest BCUT2D eigenvalue weighted by atomic mass is 10.0. The summed E-state index contributed by atoms with van der Waals surface area (Å²) in [6.07, 6.45) is 4.12. The molecule has 128 valence electrons. The smallest absolute Gasteiger partial charge is 0.354 e. The minimum absolute atomic E-state index is 0.252. The van der Waals surface area contributed by atoms with E-state index in [1.165, 1.54) is 23.8 Å². The summed E-state index contributed by atoms with van der Waals surface area (Å²) in [5.74, 6) is -0.252. The van der Waals surface area contributed by atoms with Gasteiger partial charge in [-0.1, -0.05) is 23.8 Å². The van der Waals surface area contributed by atoms with E-state index in [1.54, 1.807) is 0 Å². The molecular formula is C20H26N2O2. The Labute approximate surface area is 144 Å². The second kappa shape index (κ2) is 7.22. The van der Waals surface area contributed by atoms with Gasteiger partial charge in [-0.25, -0.2) is 4.79 Å². The van der Waals surface area contributed by atoms with Crippen LogP contribution in [0.15, 0.2) is 36.5 Å². The fraction of sp³-hybridized carbons (Fsp3) is 0.450. The average molecular weight is 326 g/mol. The molecule has 2 heterocycles. The second-order valence-corrected chi connectivity index (χ2v) is 6.73. The Morgan fingerprint density at radius 3 is 2.67 bits per heavy atom. The molecular weight excluding hydrogens is 300 g/mol. The minimum atomic E-state index is -0.252. The van der Waals surface area contributed by atoms with Crippen LogP contribution in [-0.2, 0) is 11.3 Å². The number of carbonyl (C=O) groups is 1. The van der Waals surface area contributed by atoms with Gasteiger partial charge in [-0.2, -0.15) is 0 Å². The van der Waals surface area contributed by atoms with Crippen LogP contribution >= 0.6 is 0 Å². The normalized spacial score (nSPS) is 16.3. The Morgan fingerprint density at radius 2 is 1.96 bits per heavy atom. The number of hydrogen-bond acceptors (Lipinski definition) is 3. The van der Waals surface area contributed by atoms with Gasteiger partial charge >= 0.3 is 5.97 Å². The first-order valence-corrected chi connectivity index (χ1v) is 8.62. The van der Waals surface area contributed by atoms with Gasteiger partial charge < -0.3 is 9.30 Å². The van der Waals surface area contributed by atoms with Gasteiger partial charge in [0, 0.05) is 31.9 Å². The van der Waals surface area contributed by atoms with Crippen molar-refractivity contribution in [1.29, 1.82) is 0 Å². The monoisotopic (exact) mass is 326 g/mol. The van der Waals surface area contributed by atoms with Crippen molar-refractivity contribution in [3.05, 3.63) is 58.9 Å². The summed E-state index contributed by atoms with van der Waals surface area (Å²) in [5.41, 5.74) is 4.76. The number of aryl methyl sites for hydroxylation is 2. The largest absolute Gasteiger partial charge is 0.464 e. The number of piperidine rings is 1. The molecule has 24 heavy (non-hydrogen) atoms. The fourth-order valence-corrected chi connectivity index (χ4v) is 3.56. The van der Waals surface area contributed by atoms with Crippen molar-refractivity contribution in [2.24, 2.45) is 0 Å². The first kappa shape index (κ1) is 16.8. The maximum atomic E-state index is 11.9. The third kappa shape index (κ3) is 3.54. The molecule has 0 aliphatic carbocycles. The fourth-order valence-electron chi connectivity index (χ4n) is 3.56. The van der Waals surface area contributed by atoms with Gasteiger partial charge in [0.2, 0.25) is 0 Å². The predicted molar refractivity (Wildman–Crippen MR) is 95.2 cm³/mol. The molecule has 0 unspecified atom stereocenters. The Bertz CT molecular complexity index is 712. The van der Waals surface area contributed by atoms with Crippen LogP contribution < -0.4 is 0 Å². The van der Waals surface area contributed by atoms with Gasteiger partial charge in [-0.05, 0) is 49.9 Å². The minimum Gasteiger partial charge on any atom is -0.464 e. The molecule has 1 fully saturated rings. The highest BCUT2D eigenvalue weighted by Gasteiger charge is 2.24. The summed E-state index contributed by atoms with van der Waals surface area (Å²) in [4.78, 5) is 14.4. The average Bonchev–Trinajstić information content (AvgIpc) is 3.08. The van der Waals surface area contributed by atoms with E-state index in [0.717, 1.165) is 32.5 Å². The number of aromatic nitrogens is 1. The molecule has 0 atom stereocenters. The van der Waals surface area contributed by atoms with Crippen LogP contribution in [-0.4, -0.2) is 35.6 Å².